The first kappa shape index (κ1) is 41.5. The first-order valence-corrected chi connectivity index (χ1v) is 26.5. The molecule has 0 aliphatic heterocycles. The smallest absolute Gasteiger partial charge is 0.201 e. The van der Waals surface area contributed by atoms with Gasteiger partial charge in [-0.25, -0.2) is 18.3 Å². The maximum absolute atomic E-state index is 8.67. The lowest BCUT2D eigenvalue weighted by Gasteiger charge is -2.19. The van der Waals surface area contributed by atoms with Crippen LogP contribution in [0, 0.1) is 108 Å². The molecule has 4 nitrogen and oxygen atoms in total. The van der Waals surface area contributed by atoms with Crippen LogP contribution in [0.1, 0.15) is 203 Å². The maximum Gasteiger partial charge on any atom is 0.212 e. The van der Waals surface area contributed by atoms with Crippen molar-refractivity contribution < 1.29 is 49.8 Å². The SMILES string of the molecule is C.C.C.Cc1cc(C)c(C)c(-c2cc(C)c(C)c[n+]2C)c1.[2H]C([2H])([2H])c1ccc(-c2cc(C([2H])([2H])C(C)(C)C)c(C([2H])([2H])[2H])c[n+]2C)c(C)c1.[2H]C([2H])([2H])c1ccc(-c2cc(C([2H])([2H])C(C)C)c(C([2H])([2H])[2H])c[n+]2C)c(C)c1.[2H]C([2H])([2H])c1ccc(-c2cc(C)c(C([2H])(C)C([2H])([2H])[2H])c[n+]2C)c(C)c1. The van der Waals surface area contributed by atoms with E-state index in [0.29, 0.717) is 22.5 Å². The molecule has 1 unspecified atom stereocenters. The van der Waals surface area contributed by atoms with Gasteiger partial charge in [0.2, 0.25) is 22.8 Å². The van der Waals surface area contributed by atoms with E-state index in [0.717, 1.165) is 39.1 Å². The highest BCUT2D eigenvalue weighted by Gasteiger charge is 2.22. The second kappa shape index (κ2) is 30.0. The third-order valence-corrected chi connectivity index (χ3v) is 13.7. The average Bonchev–Trinajstić information content (AvgIpc) is 0.756. The molecule has 0 radical (unpaired) electrons. The standard InChI is InChI=1S/C20H28N.C19H26N.C18H24N.C17H22N.3CH4/c1-14-8-9-18(15(2)10-14)19-11-17(12-20(4,5)6)16(3)13-21(19)7;1-13(2)9-17-11-19(20(6)12-16(17)5)18-8-7-14(3)10-15(18)4;1-12(2)17-11-19(6)18(10-15(17)5)16-8-7-13(3)9-14(16)4;1-11-7-13(3)15(5)16(8-11)17-9-12(2)14(4)10-18(17)6;;;/h8-11,13H,12H2,1-7H3;7-8,10-13H,9H2,1-6H3;7-12H,1-6H3;7-10H,1-6H3;3*1H4/q4*+1;;;/i1D3,3D3,12D2;3D3,5D3,9D2;1D3,3D3,12D;;;;. The summed E-state index contributed by atoms with van der Waals surface area (Å²) in [5.41, 5.74) is 17.4. The van der Waals surface area contributed by atoms with Crippen molar-refractivity contribution in [1.82, 2.24) is 0 Å². The molecule has 0 fully saturated rings. The monoisotopic (exact) mass is 1120 g/mol. The Bertz CT molecular complexity index is 4350. The Morgan fingerprint density at radius 1 is 0.420 bits per heavy atom. The molecule has 4 heterocycles. The van der Waals surface area contributed by atoms with E-state index in [1.165, 1.54) is 70.5 Å². The Hall–Kier alpha value is -6.52. The van der Waals surface area contributed by atoms with E-state index < -0.39 is 71.1 Å². The molecule has 0 saturated carbocycles. The van der Waals surface area contributed by atoms with Gasteiger partial charge in [-0.15, -0.1) is 0 Å². The molecule has 0 aliphatic rings. The minimum atomic E-state index is -2.47. The van der Waals surface area contributed by atoms with E-state index in [2.05, 4.69) is 70.6 Å². The zero-order chi connectivity index (χ0) is 77.8. The molecule has 0 saturated heterocycles. The van der Waals surface area contributed by atoms with Crippen LogP contribution < -0.4 is 18.3 Å². The molecule has 4 heteroatoms. The van der Waals surface area contributed by atoms with Gasteiger partial charge in [0.25, 0.3) is 0 Å². The van der Waals surface area contributed by atoms with Gasteiger partial charge in [0.15, 0.2) is 24.8 Å². The number of aromatic nitrogens is 4. The van der Waals surface area contributed by atoms with Crippen LogP contribution >= 0.6 is 0 Å². The number of benzene rings is 4. The van der Waals surface area contributed by atoms with Crippen molar-refractivity contribution >= 4 is 0 Å². The van der Waals surface area contributed by atoms with Crippen LogP contribution in [-0.4, -0.2) is 0 Å². The third-order valence-electron chi connectivity index (χ3n) is 13.7. The fourth-order valence-electron chi connectivity index (χ4n) is 9.49. The quantitative estimate of drug-likeness (QED) is 0.135. The lowest BCUT2D eigenvalue weighted by atomic mass is 9.86. The molecule has 8 aromatic rings. The van der Waals surface area contributed by atoms with Crippen molar-refractivity contribution in [2.45, 2.75) is 186 Å². The van der Waals surface area contributed by atoms with Crippen molar-refractivity contribution in [2.24, 2.45) is 39.5 Å². The van der Waals surface area contributed by atoms with Crippen molar-refractivity contribution in [2.75, 3.05) is 0 Å². The Morgan fingerprint density at radius 3 is 1.23 bits per heavy atom. The number of rotatable bonds is 8. The van der Waals surface area contributed by atoms with E-state index >= 15 is 0 Å². The fourth-order valence-corrected chi connectivity index (χ4v) is 9.49. The molecule has 436 valence electrons. The van der Waals surface area contributed by atoms with Crippen LogP contribution in [0.4, 0.5) is 0 Å². The average molecular weight is 1120 g/mol. The summed E-state index contributed by atoms with van der Waals surface area (Å²) >= 11 is 0. The van der Waals surface area contributed by atoms with Crippen LogP contribution in [0.25, 0.3) is 45.0 Å². The van der Waals surface area contributed by atoms with Gasteiger partial charge >= 0.3 is 0 Å². The zero-order valence-electron chi connectivity index (χ0n) is 72.8. The van der Waals surface area contributed by atoms with E-state index in [9.17, 15) is 0 Å². The molecular weight excluding hydrogens is 981 g/mol. The van der Waals surface area contributed by atoms with Crippen molar-refractivity contribution in [3.05, 3.63) is 210 Å². The molecule has 0 bridgehead atoms. The van der Waals surface area contributed by atoms with Gasteiger partial charge in [-0.05, 0) is 201 Å². The predicted molar refractivity (Wildman–Crippen MR) is 355 cm³/mol. The highest BCUT2D eigenvalue weighted by atomic mass is 14.9. The maximum atomic E-state index is 8.67. The molecule has 0 N–H and O–H groups in total. The van der Waals surface area contributed by atoms with Crippen molar-refractivity contribution in [3.8, 4) is 45.0 Å². The van der Waals surface area contributed by atoms with Gasteiger partial charge in [-0.2, -0.15) is 0 Å². The number of hydrogen-bond acceptors (Lipinski definition) is 0. The molecule has 8 rings (SSSR count). The number of hydrogen-bond donors (Lipinski definition) is 0. The van der Waals surface area contributed by atoms with Crippen LogP contribution in [-0.2, 0) is 40.9 Å². The fraction of sp³-hybridized carbons (Fsp3) is 0.429. The van der Waals surface area contributed by atoms with Crippen LogP contribution in [0.15, 0.2) is 116 Å². The van der Waals surface area contributed by atoms with Crippen LogP contribution in [0.2, 0.25) is 0 Å². The topological polar surface area (TPSA) is 15.5 Å². The van der Waals surface area contributed by atoms with E-state index in [1.807, 2.05) is 13.0 Å². The summed E-state index contributed by atoms with van der Waals surface area (Å²) in [5.74, 6) is -2.14. The summed E-state index contributed by atoms with van der Waals surface area (Å²) in [6.45, 7) is 14.2. The number of pyridine rings is 4. The van der Waals surface area contributed by atoms with Crippen molar-refractivity contribution in [3.63, 3.8) is 0 Å². The second-order valence-corrected chi connectivity index (χ2v) is 22.3. The van der Waals surface area contributed by atoms with E-state index in [4.69, 9.17) is 31.5 Å². The summed E-state index contributed by atoms with van der Waals surface area (Å²) < 4.78 is 188. The van der Waals surface area contributed by atoms with Crippen LogP contribution in [0.5, 0.6) is 0 Å². The molecule has 0 spiro atoms. The minimum Gasteiger partial charge on any atom is -0.201 e. The summed E-state index contributed by atoms with van der Waals surface area (Å²) in [6.07, 6.45) is 3.07. The largest absolute Gasteiger partial charge is 0.212 e. The second-order valence-electron chi connectivity index (χ2n) is 22.3. The summed E-state index contributed by atoms with van der Waals surface area (Å²) in [7, 11) is 7.33. The summed E-state index contributed by atoms with van der Waals surface area (Å²) in [5, 5.41) is 0. The Balaban J connectivity index is 0.000000472. The highest BCUT2D eigenvalue weighted by Crippen LogP contribution is 2.30. The Labute approximate surface area is 529 Å². The highest BCUT2D eigenvalue weighted by molar-refractivity contribution is 5.66. The van der Waals surface area contributed by atoms with Gasteiger partial charge < -0.3 is 0 Å². The molecule has 4 aromatic heterocycles. The zero-order valence-corrected chi connectivity index (χ0v) is 49.8. The van der Waals surface area contributed by atoms with Gasteiger partial charge in [0.05, 0.1) is 0 Å². The first-order valence-electron chi connectivity index (χ1n) is 38.0. The van der Waals surface area contributed by atoms with Gasteiger partial charge in [0, 0.05) is 100 Å². The molecular formula is C77H112N4+4. The molecule has 81 heavy (non-hydrogen) atoms. The Kier molecular flexibility index (Phi) is 15.3. The minimum absolute atomic E-state index is 0. The van der Waals surface area contributed by atoms with Gasteiger partial charge in [0.1, 0.15) is 28.2 Å². The van der Waals surface area contributed by atoms with E-state index in [-0.39, 0.29) is 61.2 Å². The third kappa shape index (κ3) is 18.8. The first-order chi connectivity index (χ1) is 45.5. The molecule has 0 aliphatic carbocycles. The predicted octanol–water partition coefficient (Wildman–Crippen LogP) is 18.8. The van der Waals surface area contributed by atoms with Crippen LogP contribution in [0.3, 0.4) is 0 Å². The van der Waals surface area contributed by atoms with Gasteiger partial charge in [-0.1, -0.05) is 135 Å². The normalized spacial score (nSPS) is 17.0. The van der Waals surface area contributed by atoms with E-state index in [1.54, 1.807) is 151 Å². The number of nitrogens with zero attached hydrogens (tertiary/aromatic N) is 4. The Morgan fingerprint density at radius 2 is 0.815 bits per heavy atom. The van der Waals surface area contributed by atoms with Crippen molar-refractivity contribution in [1.29, 1.82) is 0 Å². The summed E-state index contributed by atoms with van der Waals surface area (Å²) in [4.78, 5) is 0. The lowest BCUT2D eigenvalue weighted by Crippen LogP contribution is -2.32. The molecule has 4 aromatic carbocycles. The molecule has 0 amide bonds. The molecule has 1 atom stereocenters. The van der Waals surface area contributed by atoms with Gasteiger partial charge in [-0.3, -0.25) is 0 Å². The number of aryl methyl sites for hydroxylation is 17. The summed E-state index contributed by atoms with van der Waals surface area (Å²) in [6, 6.07) is 26.5. The lowest BCUT2D eigenvalue weighted by molar-refractivity contribution is -0.661.